The fourth-order valence-corrected chi connectivity index (χ4v) is 5.75. The molecule has 0 radical (unpaired) electrons. The van der Waals surface area contributed by atoms with Gasteiger partial charge in [-0.15, -0.1) is 0 Å². The average molecular weight is 520 g/mol. The first-order valence-corrected chi connectivity index (χ1v) is 12.9. The highest BCUT2D eigenvalue weighted by molar-refractivity contribution is 6.06. The molecule has 198 valence electrons. The topological polar surface area (TPSA) is 93.1 Å². The number of halogens is 1. The molecule has 0 aromatic heterocycles. The van der Waals surface area contributed by atoms with Crippen molar-refractivity contribution in [1.29, 1.82) is 0 Å². The molecule has 0 fully saturated rings. The predicted molar refractivity (Wildman–Crippen MR) is 137 cm³/mol. The van der Waals surface area contributed by atoms with Gasteiger partial charge in [0, 0.05) is 47.8 Å². The number of ketones is 2. The lowest BCUT2D eigenvalue weighted by Crippen LogP contribution is -2.39. The van der Waals surface area contributed by atoms with E-state index in [-0.39, 0.29) is 37.0 Å². The summed E-state index contributed by atoms with van der Waals surface area (Å²) in [6.45, 7) is 0.458. The zero-order valence-electron chi connectivity index (χ0n) is 21.3. The summed E-state index contributed by atoms with van der Waals surface area (Å²) in [5.74, 6) is -0.805. The highest BCUT2D eigenvalue weighted by Gasteiger charge is 2.43. The van der Waals surface area contributed by atoms with Crippen molar-refractivity contribution in [3.05, 3.63) is 81.9 Å². The molecule has 2 aliphatic carbocycles. The Bertz CT molecular complexity index is 1300. The van der Waals surface area contributed by atoms with E-state index in [0.717, 1.165) is 22.5 Å². The number of Topliss-reactive ketones (excluding diaryl/α,β-unsaturated/α-hetero) is 2. The number of nitrogens with zero attached hydrogens (tertiary/aromatic N) is 1. The quantitative estimate of drug-likeness (QED) is 0.506. The number of carboxylic acids is 1. The van der Waals surface area contributed by atoms with Crippen molar-refractivity contribution < 1.29 is 33.4 Å². The molecule has 1 N–H and O–H groups in total. The Morgan fingerprint density at radius 2 is 1.58 bits per heavy atom. The van der Waals surface area contributed by atoms with Crippen LogP contribution >= 0.6 is 0 Å². The number of aliphatic carboxylic acids is 1. The summed E-state index contributed by atoms with van der Waals surface area (Å²) in [7, 11) is 1.53. The third kappa shape index (κ3) is 4.95. The molecule has 3 aliphatic rings. The third-order valence-electron chi connectivity index (χ3n) is 7.46. The fourth-order valence-electron chi connectivity index (χ4n) is 5.75. The Morgan fingerprint density at radius 3 is 2.16 bits per heavy atom. The smallest absolute Gasteiger partial charge is 0.305 e. The molecule has 0 amide bonds. The van der Waals surface area contributed by atoms with E-state index in [1.54, 1.807) is 18.2 Å². The number of rotatable bonds is 8. The van der Waals surface area contributed by atoms with Gasteiger partial charge in [-0.05, 0) is 61.1 Å². The summed E-state index contributed by atoms with van der Waals surface area (Å²) < 4.78 is 24.8. The standard InChI is InChI=1S/C30H30FNO6/c1-37-26-16-19(10-13-25(26)38-17-18-8-11-20(31)12-9-18)28-29-21(4-2-6-23(29)33)32(15-14-27(35)36)22-5-3-7-24(34)30(22)28/h8-13,16,28H,2-7,14-15,17H2,1H3,(H,35,36). The number of carbonyl (C=O) groups excluding carboxylic acids is 2. The van der Waals surface area contributed by atoms with Crippen molar-refractivity contribution in [1.82, 2.24) is 4.90 Å². The van der Waals surface area contributed by atoms with Gasteiger partial charge in [0.2, 0.25) is 0 Å². The maximum atomic E-state index is 13.4. The van der Waals surface area contributed by atoms with E-state index in [9.17, 15) is 23.9 Å². The molecule has 1 heterocycles. The Balaban J connectivity index is 1.54. The van der Waals surface area contributed by atoms with Crippen LogP contribution in [0.25, 0.3) is 0 Å². The lowest BCUT2D eigenvalue weighted by atomic mass is 9.71. The molecule has 2 aromatic rings. The largest absolute Gasteiger partial charge is 0.493 e. The number of ether oxygens (including phenoxy) is 2. The highest BCUT2D eigenvalue weighted by atomic mass is 19.1. The van der Waals surface area contributed by atoms with Crippen molar-refractivity contribution in [3.8, 4) is 11.5 Å². The van der Waals surface area contributed by atoms with Gasteiger partial charge < -0.3 is 19.5 Å². The van der Waals surface area contributed by atoms with E-state index >= 15 is 0 Å². The molecule has 38 heavy (non-hydrogen) atoms. The average Bonchev–Trinajstić information content (AvgIpc) is 2.91. The van der Waals surface area contributed by atoms with Crippen molar-refractivity contribution in [3.63, 3.8) is 0 Å². The van der Waals surface area contributed by atoms with Gasteiger partial charge in [0.25, 0.3) is 0 Å². The van der Waals surface area contributed by atoms with Crippen LogP contribution in [0.5, 0.6) is 11.5 Å². The molecule has 2 aromatic carbocycles. The van der Waals surface area contributed by atoms with E-state index in [4.69, 9.17) is 9.47 Å². The molecule has 0 unspecified atom stereocenters. The number of hydrogen-bond donors (Lipinski definition) is 1. The first-order chi connectivity index (χ1) is 18.4. The van der Waals surface area contributed by atoms with Crippen molar-refractivity contribution in [2.45, 2.75) is 57.5 Å². The van der Waals surface area contributed by atoms with Gasteiger partial charge in [-0.1, -0.05) is 18.2 Å². The number of benzene rings is 2. The lowest BCUT2D eigenvalue weighted by molar-refractivity contribution is -0.137. The zero-order valence-corrected chi connectivity index (χ0v) is 21.3. The number of carbonyl (C=O) groups is 3. The third-order valence-corrected chi connectivity index (χ3v) is 7.46. The van der Waals surface area contributed by atoms with E-state index in [1.807, 2.05) is 17.0 Å². The van der Waals surface area contributed by atoms with Crippen LogP contribution in [0.15, 0.2) is 65.0 Å². The van der Waals surface area contributed by atoms with E-state index in [0.29, 0.717) is 61.2 Å². The molecular weight excluding hydrogens is 489 g/mol. The van der Waals surface area contributed by atoms with Crippen LogP contribution in [0, 0.1) is 5.82 Å². The number of methoxy groups -OCH3 is 1. The number of hydrogen-bond acceptors (Lipinski definition) is 6. The zero-order chi connectivity index (χ0) is 26.8. The molecular formula is C30H30FNO6. The van der Waals surface area contributed by atoms with Crippen LogP contribution in [0.3, 0.4) is 0 Å². The van der Waals surface area contributed by atoms with Crippen LogP contribution in [0.4, 0.5) is 4.39 Å². The number of carboxylic acid groups (broad SMARTS) is 1. The Morgan fingerprint density at radius 1 is 0.947 bits per heavy atom. The van der Waals surface area contributed by atoms with Gasteiger partial charge in [-0.25, -0.2) is 4.39 Å². The van der Waals surface area contributed by atoms with Gasteiger partial charge in [0.15, 0.2) is 23.1 Å². The van der Waals surface area contributed by atoms with Crippen LogP contribution < -0.4 is 9.47 Å². The van der Waals surface area contributed by atoms with Gasteiger partial charge in [0.05, 0.1) is 13.5 Å². The summed E-state index contributed by atoms with van der Waals surface area (Å²) in [5, 5.41) is 9.35. The molecule has 0 saturated heterocycles. The summed E-state index contributed by atoms with van der Waals surface area (Å²) >= 11 is 0. The molecule has 0 bridgehead atoms. The predicted octanol–water partition coefficient (Wildman–Crippen LogP) is 5.30. The second kappa shape index (κ2) is 10.8. The van der Waals surface area contributed by atoms with Crippen LogP contribution in [-0.4, -0.2) is 41.2 Å². The SMILES string of the molecule is COc1cc(C2C3=C(CCCC3=O)N(CCC(=O)O)C3=C2C(=O)CCC3)ccc1OCc1ccc(F)cc1. The van der Waals surface area contributed by atoms with Crippen LogP contribution in [-0.2, 0) is 21.0 Å². The second-order valence-electron chi connectivity index (χ2n) is 9.83. The maximum Gasteiger partial charge on any atom is 0.305 e. The van der Waals surface area contributed by atoms with Gasteiger partial charge >= 0.3 is 5.97 Å². The fraction of sp³-hybridized carbons (Fsp3) is 0.367. The Hall–Kier alpha value is -3.94. The van der Waals surface area contributed by atoms with Crippen LogP contribution in [0.1, 0.15) is 62.0 Å². The minimum Gasteiger partial charge on any atom is -0.493 e. The minimum atomic E-state index is -0.915. The van der Waals surface area contributed by atoms with Gasteiger partial charge in [0.1, 0.15) is 12.4 Å². The van der Waals surface area contributed by atoms with Crippen molar-refractivity contribution in [2.24, 2.45) is 0 Å². The molecule has 1 aliphatic heterocycles. The normalized spacial score (nSPS) is 17.9. The minimum absolute atomic E-state index is 0.00268. The van der Waals surface area contributed by atoms with Crippen LogP contribution in [0.2, 0.25) is 0 Å². The van der Waals surface area contributed by atoms with E-state index in [1.165, 1.54) is 19.2 Å². The monoisotopic (exact) mass is 519 g/mol. The molecule has 8 heteroatoms. The summed E-state index contributed by atoms with van der Waals surface area (Å²) in [5.41, 5.74) is 4.44. The summed E-state index contributed by atoms with van der Waals surface area (Å²) in [6.07, 6.45) is 3.45. The van der Waals surface area contributed by atoms with Crippen molar-refractivity contribution in [2.75, 3.05) is 13.7 Å². The molecule has 0 saturated carbocycles. The first-order valence-electron chi connectivity index (χ1n) is 12.9. The lowest BCUT2D eigenvalue weighted by Gasteiger charge is -2.44. The molecule has 0 atom stereocenters. The van der Waals surface area contributed by atoms with Gasteiger partial charge in [-0.2, -0.15) is 0 Å². The van der Waals surface area contributed by atoms with Crippen molar-refractivity contribution >= 4 is 17.5 Å². The first kappa shape index (κ1) is 25.7. The molecule has 7 nitrogen and oxygen atoms in total. The molecule has 0 spiro atoms. The van der Waals surface area contributed by atoms with E-state index < -0.39 is 11.9 Å². The second-order valence-corrected chi connectivity index (χ2v) is 9.83. The highest BCUT2D eigenvalue weighted by Crippen LogP contribution is 2.50. The molecule has 5 rings (SSSR count). The van der Waals surface area contributed by atoms with Gasteiger partial charge in [-0.3, -0.25) is 14.4 Å². The summed E-state index contributed by atoms with van der Waals surface area (Å²) in [4.78, 5) is 40.1. The number of allylic oxidation sites excluding steroid dienone is 4. The maximum absolute atomic E-state index is 13.4. The van der Waals surface area contributed by atoms with E-state index in [2.05, 4.69) is 0 Å². The Labute approximate surface area is 220 Å². The summed E-state index contributed by atoms with van der Waals surface area (Å²) in [6, 6.07) is 11.5. The Kier molecular flexibility index (Phi) is 7.31.